The van der Waals surface area contributed by atoms with E-state index in [1.807, 2.05) is 6.92 Å². The standard InChI is InChI=1S/C6H15NO3/c1-2-3-7-10-5-6(9)4-8/h6-9H,2-5H2,1H3. The van der Waals surface area contributed by atoms with Gasteiger partial charge in [-0.25, -0.2) is 5.48 Å². The van der Waals surface area contributed by atoms with Crippen molar-refractivity contribution in [2.24, 2.45) is 0 Å². The zero-order valence-corrected chi connectivity index (χ0v) is 6.21. The minimum absolute atomic E-state index is 0.135. The molecule has 62 valence electrons. The molecule has 0 aromatic heterocycles. The van der Waals surface area contributed by atoms with Gasteiger partial charge in [-0.1, -0.05) is 6.92 Å². The lowest BCUT2D eigenvalue weighted by Gasteiger charge is -2.07. The fourth-order valence-corrected chi connectivity index (χ4v) is 0.382. The molecule has 10 heavy (non-hydrogen) atoms. The Balaban J connectivity index is 2.89. The van der Waals surface area contributed by atoms with E-state index in [0.717, 1.165) is 13.0 Å². The van der Waals surface area contributed by atoms with Crippen molar-refractivity contribution in [2.75, 3.05) is 19.8 Å². The maximum atomic E-state index is 8.74. The molecular weight excluding hydrogens is 134 g/mol. The van der Waals surface area contributed by atoms with Gasteiger partial charge in [0.05, 0.1) is 13.2 Å². The molecule has 3 N–H and O–H groups in total. The molecule has 0 heterocycles. The lowest BCUT2D eigenvalue weighted by molar-refractivity contribution is -0.0367. The Labute approximate surface area is 60.8 Å². The molecule has 0 fully saturated rings. The highest BCUT2D eigenvalue weighted by Gasteiger charge is 1.99. The summed E-state index contributed by atoms with van der Waals surface area (Å²) in [5.74, 6) is 0. The van der Waals surface area contributed by atoms with Gasteiger partial charge in [0.2, 0.25) is 0 Å². The number of aliphatic hydroxyl groups excluding tert-OH is 2. The van der Waals surface area contributed by atoms with E-state index in [4.69, 9.17) is 15.1 Å². The van der Waals surface area contributed by atoms with E-state index in [0.29, 0.717) is 0 Å². The van der Waals surface area contributed by atoms with Crippen LogP contribution in [0, 0.1) is 0 Å². The van der Waals surface area contributed by atoms with Gasteiger partial charge in [0, 0.05) is 6.54 Å². The van der Waals surface area contributed by atoms with Crippen LogP contribution in [0.3, 0.4) is 0 Å². The lowest BCUT2D eigenvalue weighted by Crippen LogP contribution is -2.25. The number of aliphatic hydroxyl groups is 2. The SMILES string of the molecule is CCCNOCC(O)CO. The summed E-state index contributed by atoms with van der Waals surface area (Å²) in [7, 11) is 0. The molecule has 0 saturated carbocycles. The maximum absolute atomic E-state index is 8.74. The van der Waals surface area contributed by atoms with Gasteiger partial charge in [0.1, 0.15) is 6.10 Å². The molecule has 0 aliphatic rings. The van der Waals surface area contributed by atoms with Crippen LogP contribution in [0.25, 0.3) is 0 Å². The quantitative estimate of drug-likeness (QED) is 0.344. The van der Waals surface area contributed by atoms with E-state index in [1.165, 1.54) is 0 Å². The first-order chi connectivity index (χ1) is 4.81. The summed E-state index contributed by atoms with van der Waals surface area (Å²) < 4.78 is 0. The van der Waals surface area contributed by atoms with Gasteiger partial charge < -0.3 is 10.2 Å². The fraction of sp³-hybridized carbons (Fsp3) is 1.00. The second kappa shape index (κ2) is 6.95. The minimum atomic E-state index is -0.774. The summed E-state index contributed by atoms with van der Waals surface area (Å²) >= 11 is 0. The van der Waals surface area contributed by atoms with Crippen LogP contribution in [0.4, 0.5) is 0 Å². The first kappa shape index (κ1) is 9.84. The number of nitrogens with one attached hydrogen (secondary N) is 1. The van der Waals surface area contributed by atoms with Crippen molar-refractivity contribution in [2.45, 2.75) is 19.4 Å². The van der Waals surface area contributed by atoms with Crippen molar-refractivity contribution in [3.05, 3.63) is 0 Å². The third-order valence-electron chi connectivity index (χ3n) is 0.941. The zero-order chi connectivity index (χ0) is 7.82. The molecule has 0 spiro atoms. The largest absolute Gasteiger partial charge is 0.394 e. The number of hydrogen-bond acceptors (Lipinski definition) is 4. The smallest absolute Gasteiger partial charge is 0.102 e. The van der Waals surface area contributed by atoms with E-state index >= 15 is 0 Å². The van der Waals surface area contributed by atoms with Gasteiger partial charge in [0.25, 0.3) is 0 Å². The van der Waals surface area contributed by atoms with Crippen molar-refractivity contribution >= 4 is 0 Å². The van der Waals surface area contributed by atoms with Crippen LogP contribution in [0.5, 0.6) is 0 Å². The van der Waals surface area contributed by atoms with Crippen LogP contribution in [0.15, 0.2) is 0 Å². The molecule has 1 atom stereocenters. The van der Waals surface area contributed by atoms with Crippen molar-refractivity contribution < 1.29 is 15.1 Å². The molecule has 0 aliphatic heterocycles. The zero-order valence-electron chi connectivity index (χ0n) is 6.21. The minimum Gasteiger partial charge on any atom is -0.394 e. The Morgan fingerprint density at radius 3 is 2.80 bits per heavy atom. The molecule has 0 rings (SSSR count). The molecule has 4 nitrogen and oxygen atoms in total. The second-order valence-electron chi connectivity index (χ2n) is 2.04. The topological polar surface area (TPSA) is 61.7 Å². The maximum Gasteiger partial charge on any atom is 0.102 e. The van der Waals surface area contributed by atoms with E-state index in [1.54, 1.807) is 0 Å². The van der Waals surface area contributed by atoms with Crippen LogP contribution in [0.2, 0.25) is 0 Å². The fourth-order valence-electron chi connectivity index (χ4n) is 0.382. The van der Waals surface area contributed by atoms with Crippen LogP contribution >= 0.6 is 0 Å². The van der Waals surface area contributed by atoms with Crippen LogP contribution in [0.1, 0.15) is 13.3 Å². The molecule has 0 aromatic rings. The van der Waals surface area contributed by atoms with Crippen molar-refractivity contribution in [1.29, 1.82) is 0 Å². The summed E-state index contributed by atoms with van der Waals surface area (Å²) in [4.78, 5) is 4.77. The first-order valence-corrected chi connectivity index (χ1v) is 3.44. The Morgan fingerprint density at radius 2 is 2.30 bits per heavy atom. The third-order valence-corrected chi connectivity index (χ3v) is 0.941. The van der Waals surface area contributed by atoms with Crippen molar-refractivity contribution in [1.82, 2.24) is 5.48 Å². The highest BCUT2D eigenvalue weighted by molar-refractivity contribution is 4.46. The van der Waals surface area contributed by atoms with Crippen LogP contribution in [-0.4, -0.2) is 36.1 Å². The molecule has 0 aromatic carbocycles. The normalized spacial score (nSPS) is 13.5. The highest BCUT2D eigenvalue weighted by atomic mass is 16.6. The van der Waals surface area contributed by atoms with Gasteiger partial charge in [-0.05, 0) is 6.42 Å². The Morgan fingerprint density at radius 1 is 1.60 bits per heavy atom. The average molecular weight is 149 g/mol. The molecule has 4 heteroatoms. The summed E-state index contributed by atoms with van der Waals surface area (Å²) in [6.45, 7) is 2.65. The lowest BCUT2D eigenvalue weighted by atomic mass is 10.4. The van der Waals surface area contributed by atoms with Crippen molar-refractivity contribution in [3.8, 4) is 0 Å². The van der Waals surface area contributed by atoms with E-state index in [9.17, 15) is 0 Å². The highest BCUT2D eigenvalue weighted by Crippen LogP contribution is 1.80. The molecule has 0 saturated heterocycles. The van der Waals surface area contributed by atoms with E-state index in [-0.39, 0.29) is 13.2 Å². The molecule has 0 aliphatic carbocycles. The molecule has 0 amide bonds. The Kier molecular flexibility index (Phi) is 6.84. The summed E-state index contributed by atoms with van der Waals surface area (Å²) in [6.07, 6.45) is 0.208. The van der Waals surface area contributed by atoms with Crippen molar-refractivity contribution in [3.63, 3.8) is 0 Å². The van der Waals surface area contributed by atoms with Gasteiger partial charge in [-0.15, -0.1) is 0 Å². The summed E-state index contributed by atoms with van der Waals surface area (Å²) in [6, 6.07) is 0. The first-order valence-electron chi connectivity index (χ1n) is 3.44. The predicted octanol–water partition coefficient (Wildman–Crippen LogP) is -0.729. The van der Waals surface area contributed by atoms with E-state index in [2.05, 4.69) is 5.48 Å². The van der Waals surface area contributed by atoms with Gasteiger partial charge in [0.15, 0.2) is 0 Å². The Bertz CT molecular complexity index is 70.0. The number of hydrogen-bond donors (Lipinski definition) is 3. The summed E-state index contributed by atoms with van der Waals surface area (Å²) in [5, 5.41) is 17.1. The van der Waals surface area contributed by atoms with Crippen LogP contribution < -0.4 is 5.48 Å². The number of rotatable bonds is 6. The van der Waals surface area contributed by atoms with Gasteiger partial charge in [-0.3, -0.25) is 4.84 Å². The molecule has 0 bridgehead atoms. The molecular formula is C6H15NO3. The van der Waals surface area contributed by atoms with Gasteiger partial charge in [-0.2, -0.15) is 0 Å². The van der Waals surface area contributed by atoms with Gasteiger partial charge >= 0.3 is 0 Å². The van der Waals surface area contributed by atoms with E-state index < -0.39 is 6.10 Å². The predicted molar refractivity (Wildman–Crippen MR) is 37.3 cm³/mol. The average Bonchev–Trinajstić information content (AvgIpc) is 1.98. The number of hydroxylamine groups is 1. The third kappa shape index (κ3) is 5.97. The Hall–Kier alpha value is -0.160. The molecule has 1 unspecified atom stereocenters. The second-order valence-corrected chi connectivity index (χ2v) is 2.04. The molecule has 0 radical (unpaired) electrons. The van der Waals surface area contributed by atoms with Crippen LogP contribution in [-0.2, 0) is 4.84 Å². The summed E-state index contributed by atoms with van der Waals surface area (Å²) in [5.41, 5.74) is 2.63. The monoisotopic (exact) mass is 149 g/mol.